The van der Waals surface area contributed by atoms with Gasteiger partial charge in [0.1, 0.15) is 23.8 Å². The lowest BCUT2D eigenvalue weighted by molar-refractivity contribution is -0.121. The Morgan fingerprint density at radius 1 is 1.11 bits per heavy atom. The molecule has 0 radical (unpaired) electrons. The Balaban J connectivity index is 1.72. The molecule has 2 aromatic carbocycles. The van der Waals surface area contributed by atoms with Gasteiger partial charge in [0.05, 0.1) is 17.3 Å². The highest BCUT2D eigenvalue weighted by molar-refractivity contribution is 5.99. The predicted octanol–water partition coefficient (Wildman–Crippen LogP) is 4.36. The number of halogens is 1. The number of hydrogen-bond donors (Lipinski definition) is 2. The van der Waals surface area contributed by atoms with Crippen molar-refractivity contribution in [3.05, 3.63) is 53.8 Å². The molecule has 0 aromatic heterocycles. The van der Waals surface area contributed by atoms with E-state index in [2.05, 4.69) is 10.6 Å². The molecule has 2 N–H and O–H groups in total. The molecule has 0 spiro atoms. The Kier molecular flexibility index (Phi) is 5.53. The first-order chi connectivity index (χ1) is 13.2. The number of ether oxygens (including phenoxy) is 2. The van der Waals surface area contributed by atoms with Crippen molar-refractivity contribution in [2.45, 2.75) is 32.8 Å². The topological polar surface area (TPSA) is 76.7 Å². The van der Waals surface area contributed by atoms with Crippen LogP contribution in [0.1, 0.15) is 26.3 Å². The minimum atomic E-state index is -0.690. The second-order valence-corrected chi connectivity index (χ2v) is 7.63. The first kappa shape index (κ1) is 19.7. The molecule has 1 unspecified atom stereocenters. The third-order valence-corrected chi connectivity index (χ3v) is 4.12. The number of hydrogen-bond acceptors (Lipinski definition) is 4. The molecule has 0 saturated heterocycles. The summed E-state index contributed by atoms with van der Waals surface area (Å²) in [5.41, 5.74) is 0.677. The molecule has 0 saturated carbocycles. The highest BCUT2D eigenvalue weighted by Crippen LogP contribution is 2.29. The van der Waals surface area contributed by atoms with Gasteiger partial charge < -0.3 is 14.8 Å². The quantitative estimate of drug-likeness (QED) is 0.822. The van der Waals surface area contributed by atoms with Gasteiger partial charge in [0.15, 0.2) is 0 Å². The Morgan fingerprint density at radius 2 is 1.86 bits per heavy atom. The van der Waals surface area contributed by atoms with E-state index in [1.807, 2.05) is 24.3 Å². The highest BCUT2D eigenvalue weighted by Gasteiger charge is 2.27. The van der Waals surface area contributed by atoms with Crippen molar-refractivity contribution in [1.29, 1.82) is 0 Å². The van der Waals surface area contributed by atoms with Crippen LogP contribution in [0.25, 0.3) is 0 Å². The summed E-state index contributed by atoms with van der Waals surface area (Å²) in [6.45, 7) is 5.44. The van der Waals surface area contributed by atoms with Crippen LogP contribution in [-0.2, 0) is 16.0 Å². The van der Waals surface area contributed by atoms with Crippen LogP contribution in [0.3, 0.4) is 0 Å². The van der Waals surface area contributed by atoms with Crippen LogP contribution in [0.5, 0.6) is 5.75 Å². The van der Waals surface area contributed by atoms with E-state index in [-0.39, 0.29) is 23.9 Å². The minimum Gasteiger partial charge on any atom is -0.492 e. The van der Waals surface area contributed by atoms with E-state index < -0.39 is 23.4 Å². The molecule has 0 aliphatic carbocycles. The van der Waals surface area contributed by atoms with Gasteiger partial charge in [-0.1, -0.05) is 18.2 Å². The van der Waals surface area contributed by atoms with Crippen molar-refractivity contribution < 1.29 is 23.5 Å². The van der Waals surface area contributed by atoms with Crippen molar-refractivity contribution in [3.8, 4) is 5.75 Å². The standard InChI is InChI=1S/C21H23FN2O4/c1-21(2,3)28-20(26)24-16-9-8-15(22)11-17(16)23-19(25)14-10-13-6-4-5-7-18(13)27-12-14/h4-9,11,14H,10,12H2,1-3H3,(H,23,25)(H,24,26). The molecule has 6 nitrogen and oxygen atoms in total. The predicted molar refractivity (Wildman–Crippen MR) is 104 cm³/mol. The van der Waals surface area contributed by atoms with Crippen LogP contribution < -0.4 is 15.4 Å². The number of para-hydroxylation sites is 1. The summed E-state index contributed by atoms with van der Waals surface area (Å²) in [6.07, 6.45) is -0.170. The zero-order chi connectivity index (χ0) is 20.3. The second kappa shape index (κ2) is 7.88. The van der Waals surface area contributed by atoms with Crippen LogP contribution in [-0.4, -0.2) is 24.2 Å². The van der Waals surface area contributed by atoms with Crippen molar-refractivity contribution in [3.63, 3.8) is 0 Å². The number of fused-ring (bicyclic) bond motifs is 1. The zero-order valence-electron chi connectivity index (χ0n) is 16.0. The normalized spacial score (nSPS) is 15.8. The fourth-order valence-electron chi connectivity index (χ4n) is 2.87. The maximum atomic E-state index is 13.7. The molecule has 7 heteroatoms. The van der Waals surface area contributed by atoms with E-state index in [0.717, 1.165) is 17.4 Å². The Hall–Kier alpha value is -3.09. The number of benzene rings is 2. The van der Waals surface area contributed by atoms with Crippen molar-refractivity contribution >= 4 is 23.4 Å². The highest BCUT2D eigenvalue weighted by atomic mass is 19.1. The second-order valence-electron chi connectivity index (χ2n) is 7.63. The lowest BCUT2D eigenvalue weighted by Gasteiger charge is -2.25. The summed E-state index contributed by atoms with van der Waals surface area (Å²) in [5, 5.41) is 5.24. The molecule has 1 aliphatic heterocycles. The monoisotopic (exact) mass is 386 g/mol. The van der Waals surface area contributed by atoms with Crippen LogP contribution in [0.4, 0.5) is 20.6 Å². The molecule has 0 fully saturated rings. The average molecular weight is 386 g/mol. The van der Waals surface area contributed by atoms with Gasteiger partial charge in [-0.2, -0.15) is 0 Å². The summed E-state index contributed by atoms with van der Waals surface area (Å²) in [4.78, 5) is 24.7. The van der Waals surface area contributed by atoms with Gasteiger partial charge in [-0.3, -0.25) is 10.1 Å². The summed E-state index contributed by atoms with van der Waals surface area (Å²) in [5.74, 6) is -0.500. The lowest BCUT2D eigenvalue weighted by atomic mass is 9.96. The van der Waals surface area contributed by atoms with Crippen molar-refractivity contribution in [2.75, 3.05) is 17.2 Å². The van der Waals surface area contributed by atoms with Crippen LogP contribution in [0, 0.1) is 11.7 Å². The maximum absolute atomic E-state index is 13.7. The summed E-state index contributed by atoms with van der Waals surface area (Å²) >= 11 is 0. The Bertz CT molecular complexity index is 892. The Labute approximate surface area is 163 Å². The lowest BCUT2D eigenvalue weighted by Crippen LogP contribution is -2.33. The molecule has 2 aromatic rings. The number of nitrogens with one attached hydrogen (secondary N) is 2. The molecular weight excluding hydrogens is 363 g/mol. The molecule has 1 atom stereocenters. The zero-order valence-corrected chi connectivity index (χ0v) is 16.0. The van der Waals surface area contributed by atoms with Gasteiger partial charge in [-0.15, -0.1) is 0 Å². The van der Waals surface area contributed by atoms with E-state index >= 15 is 0 Å². The van der Waals surface area contributed by atoms with Crippen LogP contribution >= 0.6 is 0 Å². The molecule has 0 bridgehead atoms. The summed E-state index contributed by atoms with van der Waals surface area (Å²) < 4.78 is 24.6. The SMILES string of the molecule is CC(C)(C)OC(=O)Nc1ccc(F)cc1NC(=O)C1COc2ccccc2C1. The third kappa shape index (κ3) is 5.00. The maximum Gasteiger partial charge on any atom is 0.412 e. The third-order valence-electron chi connectivity index (χ3n) is 4.12. The van der Waals surface area contributed by atoms with Gasteiger partial charge in [-0.05, 0) is 57.0 Å². The van der Waals surface area contributed by atoms with Crippen molar-refractivity contribution in [2.24, 2.45) is 5.92 Å². The minimum absolute atomic E-state index is 0.162. The van der Waals surface area contributed by atoms with E-state index in [1.54, 1.807) is 20.8 Å². The molecule has 3 rings (SSSR count). The van der Waals surface area contributed by atoms with Gasteiger partial charge in [-0.25, -0.2) is 9.18 Å². The number of amides is 2. The molecule has 1 heterocycles. The summed E-state index contributed by atoms with van der Waals surface area (Å²) in [7, 11) is 0. The fourth-order valence-corrected chi connectivity index (χ4v) is 2.87. The van der Waals surface area contributed by atoms with Gasteiger partial charge in [0, 0.05) is 0 Å². The first-order valence-corrected chi connectivity index (χ1v) is 9.02. The smallest absolute Gasteiger partial charge is 0.412 e. The van der Waals surface area contributed by atoms with Crippen molar-refractivity contribution in [1.82, 2.24) is 0 Å². The van der Waals surface area contributed by atoms with Gasteiger partial charge in [0.25, 0.3) is 0 Å². The van der Waals surface area contributed by atoms with Crippen LogP contribution in [0.2, 0.25) is 0 Å². The van der Waals surface area contributed by atoms with Gasteiger partial charge >= 0.3 is 6.09 Å². The molecule has 28 heavy (non-hydrogen) atoms. The van der Waals surface area contributed by atoms with E-state index in [9.17, 15) is 14.0 Å². The van der Waals surface area contributed by atoms with Crippen LogP contribution in [0.15, 0.2) is 42.5 Å². The number of anilines is 2. The molecular formula is C21H23FN2O4. The van der Waals surface area contributed by atoms with E-state index in [4.69, 9.17) is 9.47 Å². The molecule has 148 valence electrons. The van der Waals surface area contributed by atoms with E-state index in [1.165, 1.54) is 12.1 Å². The van der Waals surface area contributed by atoms with E-state index in [0.29, 0.717) is 6.42 Å². The number of carbonyl (C=O) groups excluding carboxylic acids is 2. The number of carbonyl (C=O) groups is 2. The Morgan fingerprint density at radius 3 is 2.61 bits per heavy atom. The molecule has 2 amide bonds. The molecule has 1 aliphatic rings. The number of rotatable bonds is 3. The fraction of sp³-hybridized carbons (Fsp3) is 0.333. The summed E-state index contributed by atoms with van der Waals surface area (Å²) in [6, 6.07) is 11.3. The average Bonchev–Trinajstić information content (AvgIpc) is 2.62. The first-order valence-electron chi connectivity index (χ1n) is 9.02. The largest absolute Gasteiger partial charge is 0.492 e. The van der Waals surface area contributed by atoms with Gasteiger partial charge in [0.2, 0.25) is 5.91 Å².